The number of halogens is 3. The highest BCUT2D eigenvalue weighted by Gasteiger charge is 2.34. The Morgan fingerprint density at radius 2 is 1.94 bits per heavy atom. The smallest absolute Gasteiger partial charge is 0.418 e. The minimum Gasteiger partial charge on any atom is -0.496 e. The molecular formula is C24H20F3N3O2S. The molecule has 0 aliphatic carbocycles. The number of methoxy groups -OCH3 is 1. The number of carbonyl (C=O) groups excluding carboxylic acids is 1. The van der Waals surface area contributed by atoms with E-state index >= 15 is 0 Å². The number of benzene rings is 2. The second-order valence-corrected chi connectivity index (χ2v) is 8.48. The van der Waals surface area contributed by atoms with Crippen molar-refractivity contribution in [1.82, 2.24) is 9.97 Å². The molecule has 1 amide bonds. The Morgan fingerprint density at radius 1 is 1.12 bits per heavy atom. The summed E-state index contributed by atoms with van der Waals surface area (Å²) >= 11 is 1.06. The molecule has 0 aliphatic rings. The largest absolute Gasteiger partial charge is 0.496 e. The standard InChI is InChI=1S/C24H20F3N3O2S/c1-15-11-16(8-9-19(15)32-2)12-21(31)30(14-17-5-4-10-28-13-17)23-29-22-18(24(25,26)27)6-3-7-20(22)33-23/h3-11,13H,12,14H2,1-2H3. The number of hydrogen-bond donors (Lipinski definition) is 0. The molecule has 4 rings (SSSR count). The second-order valence-electron chi connectivity index (χ2n) is 7.47. The summed E-state index contributed by atoms with van der Waals surface area (Å²) in [6.45, 7) is 2.02. The van der Waals surface area contributed by atoms with Crippen molar-refractivity contribution in [2.45, 2.75) is 26.1 Å². The van der Waals surface area contributed by atoms with Crippen LogP contribution < -0.4 is 9.64 Å². The van der Waals surface area contributed by atoms with E-state index in [1.807, 2.05) is 13.0 Å². The molecule has 0 saturated heterocycles. The number of pyridine rings is 1. The topological polar surface area (TPSA) is 55.3 Å². The first-order valence-electron chi connectivity index (χ1n) is 10.1. The van der Waals surface area contributed by atoms with E-state index in [4.69, 9.17) is 4.74 Å². The van der Waals surface area contributed by atoms with Crippen molar-refractivity contribution in [3.05, 3.63) is 83.2 Å². The van der Waals surface area contributed by atoms with Crippen LogP contribution in [0, 0.1) is 6.92 Å². The number of rotatable bonds is 6. The number of para-hydroxylation sites is 1. The lowest BCUT2D eigenvalue weighted by Crippen LogP contribution is -2.31. The number of aryl methyl sites for hydroxylation is 1. The van der Waals surface area contributed by atoms with E-state index in [9.17, 15) is 18.0 Å². The summed E-state index contributed by atoms with van der Waals surface area (Å²) in [6.07, 6.45) is -1.24. The third-order valence-corrected chi connectivity index (χ3v) is 6.17. The first-order valence-corrected chi connectivity index (χ1v) is 10.9. The highest BCUT2D eigenvalue weighted by molar-refractivity contribution is 7.22. The van der Waals surface area contributed by atoms with Crippen molar-refractivity contribution >= 4 is 32.6 Å². The molecule has 5 nitrogen and oxygen atoms in total. The Balaban J connectivity index is 1.72. The molecule has 0 N–H and O–H groups in total. The van der Waals surface area contributed by atoms with Crippen molar-refractivity contribution in [2.75, 3.05) is 12.0 Å². The molecule has 33 heavy (non-hydrogen) atoms. The van der Waals surface area contributed by atoms with Gasteiger partial charge in [-0.1, -0.05) is 35.6 Å². The Labute approximate surface area is 192 Å². The number of anilines is 1. The van der Waals surface area contributed by atoms with E-state index in [1.165, 1.54) is 11.0 Å². The van der Waals surface area contributed by atoms with Gasteiger partial charge >= 0.3 is 6.18 Å². The number of nitrogens with zero attached hydrogens (tertiary/aromatic N) is 3. The number of aromatic nitrogens is 2. The molecule has 0 unspecified atom stereocenters. The van der Waals surface area contributed by atoms with Crippen molar-refractivity contribution in [2.24, 2.45) is 0 Å². The summed E-state index contributed by atoms with van der Waals surface area (Å²) in [5, 5.41) is 0.209. The van der Waals surface area contributed by atoms with E-state index in [2.05, 4.69) is 9.97 Å². The van der Waals surface area contributed by atoms with Gasteiger partial charge in [-0.05, 0) is 47.9 Å². The fourth-order valence-corrected chi connectivity index (χ4v) is 4.55. The van der Waals surface area contributed by atoms with Crippen LogP contribution in [0.25, 0.3) is 10.2 Å². The van der Waals surface area contributed by atoms with Crippen LogP contribution in [0.5, 0.6) is 5.75 Å². The number of ether oxygens (including phenoxy) is 1. The number of carbonyl (C=O) groups is 1. The monoisotopic (exact) mass is 471 g/mol. The fraction of sp³-hybridized carbons (Fsp3) is 0.208. The van der Waals surface area contributed by atoms with Gasteiger partial charge in [-0.15, -0.1) is 0 Å². The molecule has 2 aromatic heterocycles. The minimum absolute atomic E-state index is 0.0626. The Hall–Kier alpha value is -3.46. The molecule has 170 valence electrons. The number of hydrogen-bond acceptors (Lipinski definition) is 5. The molecule has 0 spiro atoms. The third kappa shape index (κ3) is 4.98. The molecule has 0 aliphatic heterocycles. The Morgan fingerprint density at radius 3 is 2.61 bits per heavy atom. The van der Waals surface area contributed by atoms with Gasteiger partial charge in [0, 0.05) is 12.4 Å². The summed E-state index contributed by atoms with van der Waals surface area (Å²) in [6, 6.07) is 12.9. The van der Waals surface area contributed by atoms with Gasteiger partial charge in [0.05, 0.1) is 35.9 Å². The zero-order valence-corrected chi connectivity index (χ0v) is 18.7. The fourth-order valence-electron chi connectivity index (χ4n) is 3.54. The van der Waals surface area contributed by atoms with Crippen LogP contribution in [0.3, 0.4) is 0 Å². The van der Waals surface area contributed by atoms with Crippen molar-refractivity contribution in [3.63, 3.8) is 0 Å². The molecule has 0 saturated carbocycles. The van der Waals surface area contributed by atoms with Crippen LogP contribution in [-0.4, -0.2) is 23.0 Å². The average Bonchev–Trinajstić information content (AvgIpc) is 3.21. The van der Waals surface area contributed by atoms with Gasteiger partial charge in [0.15, 0.2) is 5.13 Å². The summed E-state index contributed by atoms with van der Waals surface area (Å²) in [5.41, 5.74) is 1.42. The molecule has 0 radical (unpaired) electrons. The van der Waals surface area contributed by atoms with Crippen LogP contribution in [0.1, 0.15) is 22.3 Å². The van der Waals surface area contributed by atoms with Crippen molar-refractivity contribution < 1.29 is 22.7 Å². The molecule has 2 aromatic carbocycles. The van der Waals surface area contributed by atoms with Crippen LogP contribution >= 0.6 is 11.3 Å². The maximum Gasteiger partial charge on any atom is 0.418 e. The van der Waals surface area contributed by atoms with Crippen molar-refractivity contribution in [3.8, 4) is 5.75 Å². The molecule has 9 heteroatoms. The highest BCUT2D eigenvalue weighted by atomic mass is 32.1. The van der Waals surface area contributed by atoms with Crippen LogP contribution in [0.2, 0.25) is 0 Å². The lowest BCUT2D eigenvalue weighted by Gasteiger charge is -2.20. The first kappa shape index (κ1) is 22.7. The Kier molecular flexibility index (Phi) is 6.33. The van der Waals surface area contributed by atoms with Crippen LogP contribution in [-0.2, 0) is 23.9 Å². The number of fused-ring (bicyclic) bond motifs is 1. The van der Waals surface area contributed by atoms with E-state index in [0.29, 0.717) is 10.4 Å². The average molecular weight is 472 g/mol. The predicted molar refractivity (Wildman–Crippen MR) is 121 cm³/mol. The molecule has 0 atom stereocenters. The SMILES string of the molecule is COc1ccc(CC(=O)N(Cc2cccnc2)c2nc3c(C(F)(F)F)cccc3s2)cc1C. The summed E-state index contributed by atoms with van der Waals surface area (Å²) in [7, 11) is 1.57. The maximum atomic E-state index is 13.5. The van der Waals surface area contributed by atoms with Gasteiger partial charge in [0.25, 0.3) is 0 Å². The van der Waals surface area contributed by atoms with Gasteiger partial charge in [-0.25, -0.2) is 4.98 Å². The lowest BCUT2D eigenvalue weighted by atomic mass is 10.1. The van der Waals surface area contributed by atoms with Gasteiger partial charge in [-0.3, -0.25) is 14.7 Å². The van der Waals surface area contributed by atoms with Gasteiger partial charge in [0.1, 0.15) is 5.75 Å². The zero-order chi connectivity index (χ0) is 23.6. The van der Waals surface area contributed by atoms with Gasteiger partial charge in [0.2, 0.25) is 5.91 Å². The normalized spacial score (nSPS) is 11.5. The molecule has 0 fully saturated rings. The second kappa shape index (κ2) is 9.19. The molecule has 2 heterocycles. The van der Waals surface area contributed by atoms with Crippen LogP contribution in [0.15, 0.2) is 60.9 Å². The molecule has 0 bridgehead atoms. The quantitative estimate of drug-likeness (QED) is 0.357. The predicted octanol–water partition coefficient (Wildman–Crippen LogP) is 5.80. The number of amides is 1. The summed E-state index contributed by atoms with van der Waals surface area (Å²) < 4.78 is 46.1. The lowest BCUT2D eigenvalue weighted by molar-refractivity contribution is -0.136. The minimum atomic E-state index is -4.54. The zero-order valence-electron chi connectivity index (χ0n) is 17.9. The van der Waals surface area contributed by atoms with E-state index in [-0.39, 0.29) is 29.5 Å². The Bertz CT molecular complexity index is 1290. The first-order chi connectivity index (χ1) is 15.8. The van der Waals surface area contributed by atoms with E-state index < -0.39 is 11.7 Å². The number of alkyl halides is 3. The molecular weight excluding hydrogens is 451 g/mol. The van der Waals surface area contributed by atoms with Crippen LogP contribution in [0.4, 0.5) is 18.3 Å². The van der Waals surface area contributed by atoms with E-state index in [1.54, 1.807) is 49.8 Å². The van der Waals surface area contributed by atoms with Gasteiger partial charge < -0.3 is 4.74 Å². The third-order valence-electron chi connectivity index (χ3n) is 5.12. The van der Waals surface area contributed by atoms with Gasteiger partial charge in [-0.2, -0.15) is 13.2 Å². The summed E-state index contributed by atoms with van der Waals surface area (Å²) in [4.78, 5) is 23.1. The van der Waals surface area contributed by atoms with E-state index in [0.717, 1.165) is 34.1 Å². The number of thiazole rings is 1. The highest BCUT2D eigenvalue weighted by Crippen LogP contribution is 2.38. The summed E-state index contributed by atoms with van der Waals surface area (Å²) in [5.74, 6) is 0.431. The molecule has 4 aromatic rings. The van der Waals surface area contributed by atoms with Crippen molar-refractivity contribution in [1.29, 1.82) is 0 Å². The maximum absolute atomic E-state index is 13.5.